The fraction of sp³-hybridized carbons (Fsp3) is 0.500. The van der Waals surface area contributed by atoms with Gasteiger partial charge in [0.05, 0.1) is 9.82 Å². The summed E-state index contributed by atoms with van der Waals surface area (Å²) >= 11 is 0. The Kier molecular flexibility index (Phi) is 7.80. The molecular formula is C12H20ClN3O4S. The molecule has 120 valence electrons. The normalized spacial score (nSPS) is 12.8. The Labute approximate surface area is 130 Å². The second kappa shape index (κ2) is 8.28. The summed E-state index contributed by atoms with van der Waals surface area (Å²) in [5, 5.41) is 10.7. The van der Waals surface area contributed by atoms with Crippen LogP contribution in [0.25, 0.3) is 0 Å². The molecule has 0 saturated carbocycles. The van der Waals surface area contributed by atoms with Gasteiger partial charge in [0.25, 0.3) is 5.69 Å². The third kappa shape index (κ3) is 5.96. The van der Waals surface area contributed by atoms with Crippen molar-refractivity contribution in [3.05, 3.63) is 34.4 Å². The van der Waals surface area contributed by atoms with Crippen molar-refractivity contribution < 1.29 is 13.3 Å². The molecule has 1 aromatic rings. The molecule has 0 aromatic heterocycles. The summed E-state index contributed by atoms with van der Waals surface area (Å²) in [5.41, 5.74) is 5.29. The van der Waals surface area contributed by atoms with Crippen LogP contribution in [0.4, 0.5) is 5.69 Å². The molecule has 0 spiro atoms. The number of nitrogens with zero attached hydrogens (tertiary/aromatic N) is 1. The van der Waals surface area contributed by atoms with E-state index < -0.39 is 14.9 Å². The average Bonchev–Trinajstić information content (AvgIpc) is 2.37. The predicted octanol–water partition coefficient (Wildman–Crippen LogP) is 1.67. The summed E-state index contributed by atoms with van der Waals surface area (Å²) in [6, 6.07) is 4.54. The van der Waals surface area contributed by atoms with E-state index in [9.17, 15) is 18.5 Å². The number of benzene rings is 1. The SMILES string of the molecule is CC(C)CC(CN)NS(=O)(=O)c1cccc([N+](=O)[O-])c1.Cl. The van der Waals surface area contributed by atoms with E-state index in [0.717, 1.165) is 6.07 Å². The summed E-state index contributed by atoms with van der Waals surface area (Å²) in [6.07, 6.45) is 0.602. The topological polar surface area (TPSA) is 115 Å². The minimum atomic E-state index is -3.81. The second-order valence-corrected chi connectivity index (χ2v) is 6.65. The number of nitro groups is 1. The van der Waals surface area contributed by atoms with Crippen LogP contribution in [0.15, 0.2) is 29.2 Å². The Bertz CT molecular complexity index is 578. The molecule has 3 N–H and O–H groups in total. The van der Waals surface area contributed by atoms with Crippen LogP contribution in [0, 0.1) is 16.0 Å². The molecule has 0 radical (unpaired) electrons. The second-order valence-electron chi connectivity index (χ2n) is 4.94. The van der Waals surface area contributed by atoms with E-state index in [4.69, 9.17) is 5.73 Å². The highest BCUT2D eigenvalue weighted by molar-refractivity contribution is 7.89. The van der Waals surface area contributed by atoms with Gasteiger partial charge in [-0.05, 0) is 18.4 Å². The molecule has 7 nitrogen and oxygen atoms in total. The number of sulfonamides is 1. The number of hydrogen-bond donors (Lipinski definition) is 2. The fourth-order valence-corrected chi connectivity index (χ4v) is 3.11. The average molecular weight is 338 g/mol. The molecule has 0 aliphatic rings. The summed E-state index contributed by atoms with van der Waals surface area (Å²) < 4.78 is 26.8. The highest BCUT2D eigenvalue weighted by atomic mass is 35.5. The maximum absolute atomic E-state index is 12.2. The molecule has 0 fully saturated rings. The minimum Gasteiger partial charge on any atom is -0.329 e. The van der Waals surface area contributed by atoms with Crippen molar-refractivity contribution in [3.8, 4) is 0 Å². The fourth-order valence-electron chi connectivity index (χ4n) is 1.81. The van der Waals surface area contributed by atoms with Gasteiger partial charge in [0, 0.05) is 24.7 Å². The number of non-ortho nitro benzene ring substituents is 1. The zero-order chi connectivity index (χ0) is 15.3. The molecule has 1 rings (SSSR count). The first kappa shape index (κ1) is 19.8. The van der Waals surface area contributed by atoms with E-state index in [1.807, 2.05) is 13.8 Å². The molecule has 1 atom stereocenters. The first-order valence-electron chi connectivity index (χ1n) is 6.23. The number of halogens is 1. The van der Waals surface area contributed by atoms with Crippen LogP contribution < -0.4 is 10.5 Å². The van der Waals surface area contributed by atoms with E-state index in [1.54, 1.807) is 0 Å². The van der Waals surface area contributed by atoms with E-state index in [1.165, 1.54) is 18.2 Å². The van der Waals surface area contributed by atoms with Crippen molar-refractivity contribution in [2.24, 2.45) is 11.7 Å². The third-order valence-electron chi connectivity index (χ3n) is 2.70. The lowest BCUT2D eigenvalue weighted by atomic mass is 10.1. The van der Waals surface area contributed by atoms with Crippen molar-refractivity contribution >= 4 is 28.1 Å². The number of nitrogens with two attached hydrogens (primary N) is 1. The number of hydrogen-bond acceptors (Lipinski definition) is 5. The highest BCUT2D eigenvalue weighted by Crippen LogP contribution is 2.18. The molecule has 0 saturated heterocycles. The van der Waals surface area contributed by atoms with E-state index in [-0.39, 0.29) is 41.5 Å². The van der Waals surface area contributed by atoms with Gasteiger partial charge in [0.15, 0.2) is 0 Å². The summed E-state index contributed by atoms with van der Waals surface area (Å²) in [5.74, 6) is 0.288. The summed E-state index contributed by atoms with van der Waals surface area (Å²) in [7, 11) is -3.81. The van der Waals surface area contributed by atoms with Crippen molar-refractivity contribution in [1.29, 1.82) is 0 Å². The molecule has 0 amide bonds. The van der Waals surface area contributed by atoms with Gasteiger partial charge in [-0.3, -0.25) is 10.1 Å². The zero-order valence-electron chi connectivity index (χ0n) is 11.9. The van der Waals surface area contributed by atoms with Crippen LogP contribution in [0.2, 0.25) is 0 Å². The summed E-state index contributed by atoms with van der Waals surface area (Å²) in [6.45, 7) is 4.10. The van der Waals surface area contributed by atoms with Gasteiger partial charge in [-0.25, -0.2) is 13.1 Å². The monoisotopic (exact) mass is 337 g/mol. The lowest BCUT2D eigenvalue weighted by Crippen LogP contribution is -2.40. The van der Waals surface area contributed by atoms with Crippen LogP contribution in [-0.2, 0) is 10.0 Å². The van der Waals surface area contributed by atoms with Crippen LogP contribution >= 0.6 is 12.4 Å². The van der Waals surface area contributed by atoms with Gasteiger partial charge >= 0.3 is 0 Å². The van der Waals surface area contributed by atoms with Gasteiger partial charge in [-0.15, -0.1) is 12.4 Å². The third-order valence-corrected chi connectivity index (χ3v) is 4.22. The summed E-state index contributed by atoms with van der Waals surface area (Å²) in [4.78, 5) is 9.91. The molecule has 0 heterocycles. The van der Waals surface area contributed by atoms with E-state index in [0.29, 0.717) is 6.42 Å². The van der Waals surface area contributed by atoms with Crippen LogP contribution in [0.1, 0.15) is 20.3 Å². The molecule has 21 heavy (non-hydrogen) atoms. The predicted molar refractivity (Wildman–Crippen MR) is 83.0 cm³/mol. The lowest BCUT2D eigenvalue weighted by Gasteiger charge is -2.18. The van der Waals surface area contributed by atoms with Crippen LogP contribution in [-0.4, -0.2) is 25.9 Å². The first-order valence-corrected chi connectivity index (χ1v) is 7.71. The molecule has 1 unspecified atom stereocenters. The number of nitrogens with one attached hydrogen (secondary N) is 1. The Hall–Kier alpha value is -1.22. The molecule has 0 aliphatic heterocycles. The maximum atomic E-state index is 12.2. The Balaban J connectivity index is 0.00000400. The van der Waals surface area contributed by atoms with Crippen molar-refractivity contribution in [3.63, 3.8) is 0 Å². The van der Waals surface area contributed by atoms with Gasteiger partial charge in [0.2, 0.25) is 10.0 Å². The number of rotatable bonds is 7. The minimum absolute atomic E-state index is 0. The molecule has 0 bridgehead atoms. The van der Waals surface area contributed by atoms with Crippen molar-refractivity contribution in [2.45, 2.75) is 31.2 Å². The van der Waals surface area contributed by atoms with Gasteiger partial charge in [-0.2, -0.15) is 0 Å². The smallest absolute Gasteiger partial charge is 0.270 e. The number of nitro benzene ring substituents is 1. The van der Waals surface area contributed by atoms with Gasteiger partial charge in [0.1, 0.15) is 0 Å². The quantitative estimate of drug-likeness (QED) is 0.580. The Morgan fingerprint density at radius 1 is 1.38 bits per heavy atom. The van der Waals surface area contributed by atoms with E-state index in [2.05, 4.69) is 4.72 Å². The zero-order valence-corrected chi connectivity index (χ0v) is 13.5. The van der Waals surface area contributed by atoms with E-state index >= 15 is 0 Å². The largest absolute Gasteiger partial charge is 0.329 e. The molecule has 1 aromatic carbocycles. The van der Waals surface area contributed by atoms with Crippen LogP contribution in [0.3, 0.4) is 0 Å². The molecule has 0 aliphatic carbocycles. The lowest BCUT2D eigenvalue weighted by molar-refractivity contribution is -0.385. The Morgan fingerprint density at radius 3 is 2.48 bits per heavy atom. The van der Waals surface area contributed by atoms with Crippen LogP contribution in [0.5, 0.6) is 0 Å². The standard InChI is InChI=1S/C12H19N3O4S.ClH/c1-9(2)6-10(8-13)14-20(18,19)12-5-3-4-11(7-12)15(16)17;/h3-5,7,9-10,14H,6,8,13H2,1-2H3;1H. The van der Waals surface area contributed by atoms with Crippen molar-refractivity contribution in [1.82, 2.24) is 4.72 Å². The molecule has 9 heteroatoms. The van der Waals surface area contributed by atoms with Gasteiger partial charge < -0.3 is 5.73 Å². The van der Waals surface area contributed by atoms with Gasteiger partial charge in [-0.1, -0.05) is 19.9 Å². The maximum Gasteiger partial charge on any atom is 0.270 e. The first-order chi connectivity index (χ1) is 9.26. The Morgan fingerprint density at radius 2 is 2.00 bits per heavy atom. The molecular weight excluding hydrogens is 318 g/mol. The highest BCUT2D eigenvalue weighted by Gasteiger charge is 2.21. The van der Waals surface area contributed by atoms with Crippen molar-refractivity contribution in [2.75, 3.05) is 6.54 Å².